The van der Waals surface area contributed by atoms with Crippen molar-refractivity contribution in [1.82, 2.24) is 9.97 Å². The van der Waals surface area contributed by atoms with Crippen LogP contribution in [0.1, 0.15) is 0 Å². The second-order valence-corrected chi connectivity index (χ2v) is 4.81. The van der Waals surface area contributed by atoms with Gasteiger partial charge in [0.15, 0.2) is 0 Å². The average molecular weight is 303 g/mol. The summed E-state index contributed by atoms with van der Waals surface area (Å²) < 4.78 is 13.9. The minimum absolute atomic E-state index is 0.252. The van der Waals surface area contributed by atoms with E-state index in [0.29, 0.717) is 0 Å². The average Bonchev–Trinajstić information content (AvgIpc) is 2.39. The summed E-state index contributed by atoms with van der Waals surface area (Å²) >= 11 is 3.44. The molecule has 0 saturated heterocycles. The van der Waals surface area contributed by atoms with E-state index in [9.17, 15) is 4.39 Å². The largest absolute Gasteiger partial charge is 0.236 e. The van der Waals surface area contributed by atoms with Crippen LogP contribution in [0.2, 0.25) is 0 Å². The molecule has 2 aromatic carbocycles. The van der Waals surface area contributed by atoms with Crippen molar-refractivity contribution in [2.24, 2.45) is 0 Å². The second kappa shape index (κ2) is 4.46. The molecule has 0 aliphatic carbocycles. The number of nitrogens with zero attached hydrogens (tertiary/aromatic N) is 2. The van der Waals surface area contributed by atoms with Crippen LogP contribution in [-0.2, 0) is 0 Å². The molecule has 88 valence electrons. The van der Waals surface area contributed by atoms with Crippen LogP contribution in [-0.4, -0.2) is 9.97 Å². The first kappa shape index (κ1) is 11.3. The third-order valence-electron chi connectivity index (χ3n) is 2.72. The Kier molecular flexibility index (Phi) is 2.80. The molecule has 0 N–H and O–H groups in total. The Balaban J connectivity index is 2.28. The summed E-state index contributed by atoms with van der Waals surface area (Å²) in [5.41, 5.74) is 2.55. The Morgan fingerprint density at radius 3 is 2.50 bits per heavy atom. The smallest absolute Gasteiger partial charge is 0.123 e. The summed E-state index contributed by atoms with van der Waals surface area (Å²) in [5, 5.41) is 0.943. The summed E-state index contributed by atoms with van der Waals surface area (Å²) in [6.45, 7) is 0. The molecule has 0 saturated carbocycles. The number of fused-ring (bicyclic) bond motifs is 1. The molecule has 0 atom stereocenters. The van der Waals surface area contributed by atoms with E-state index in [2.05, 4.69) is 25.9 Å². The Labute approximate surface area is 112 Å². The maximum atomic E-state index is 12.9. The molecule has 0 unspecified atom stereocenters. The van der Waals surface area contributed by atoms with Crippen LogP contribution in [0.15, 0.2) is 53.3 Å². The molecule has 1 aromatic heterocycles. The van der Waals surface area contributed by atoms with Gasteiger partial charge in [-0.05, 0) is 42.5 Å². The van der Waals surface area contributed by atoms with Gasteiger partial charge >= 0.3 is 0 Å². The highest BCUT2D eigenvalue weighted by atomic mass is 79.9. The highest BCUT2D eigenvalue weighted by molar-refractivity contribution is 9.10. The molecule has 3 rings (SSSR count). The van der Waals surface area contributed by atoms with Crippen molar-refractivity contribution in [1.29, 1.82) is 0 Å². The number of hydrogen-bond acceptors (Lipinski definition) is 2. The molecule has 1 heterocycles. The van der Waals surface area contributed by atoms with Crippen LogP contribution in [0.3, 0.4) is 0 Å². The fourth-order valence-electron chi connectivity index (χ4n) is 1.87. The van der Waals surface area contributed by atoms with Crippen molar-refractivity contribution < 1.29 is 4.39 Å². The van der Waals surface area contributed by atoms with Gasteiger partial charge in [-0.25, -0.2) is 14.4 Å². The minimum atomic E-state index is -0.252. The van der Waals surface area contributed by atoms with Crippen molar-refractivity contribution >= 4 is 26.8 Å². The summed E-state index contributed by atoms with van der Waals surface area (Å²) in [4.78, 5) is 8.51. The molecule has 0 aliphatic rings. The maximum absolute atomic E-state index is 12.9. The van der Waals surface area contributed by atoms with Crippen molar-refractivity contribution in [3.8, 4) is 11.3 Å². The van der Waals surface area contributed by atoms with Crippen molar-refractivity contribution in [3.63, 3.8) is 0 Å². The van der Waals surface area contributed by atoms with Gasteiger partial charge in [0, 0.05) is 15.4 Å². The third kappa shape index (κ3) is 1.99. The maximum Gasteiger partial charge on any atom is 0.123 e. The number of rotatable bonds is 1. The highest BCUT2D eigenvalue weighted by Crippen LogP contribution is 2.27. The summed E-state index contributed by atoms with van der Waals surface area (Å²) in [5.74, 6) is -0.252. The predicted molar refractivity (Wildman–Crippen MR) is 72.6 cm³/mol. The number of aromatic nitrogens is 2. The lowest BCUT2D eigenvalue weighted by Crippen LogP contribution is -1.89. The molecule has 0 radical (unpaired) electrons. The van der Waals surface area contributed by atoms with Gasteiger partial charge < -0.3 is 0 Å². The van der Waals surface area contributed by atoms with Crippen LogP contribution in [0, 0.1) is 5.82 Å². The fourth-order valence-corrected chi connectivity index (χ4v) is 2.23. The Morgan fingerprint density at radius 1 is 0.944 bits per heavy atom. The van der Waals surface area contributed by atoms with Gasteiger partial charge in [0.25, 0.3) is 0 Å². The Hall–Kier alpha value is -1.81. The minimum Gasteiger partial charge on any atom is -0.236 e. The first-order valence-corrected chi connectivity index (χ1v) is 6.19. The molecule has 2 nitrogen and oxygen atoms in total. The van der Waals surface area contributed by atoms with E-state index in [0.717, 1.165) is 26.6 Å². The lowest BCUT2D eigenvalue weighted by Gasteiger charge is -2.05. The number of halogens is 2. The van der Waals surface area contributed by atoms with Crippen molar-refractivity contribution in [3.05, 3.63) is 59.1 Å². The van der Waals surface area contributed by atoms with Crippen molar-refractivity contribution in [2.45, 2.75) is 0 Å². The predicted octanol–water partition coefficient (Wildman–Crippen LogP) is 4.20. The number of benzene rings is 2. The van der Waals surface area contributed by atoms with E-state index in [1.54, 1.807) is 12.1 Å². The normalized spacial score (nSPS) is 10.8. The van der Waals surface area contributed by atoms with Crippen LogP contribution in [0.5, 0.6) is 0 Å². The Morgan fingerprint density at radius 2 is 1.72 bits per heavy atom. The lowest BCUT2D eigenvalue weighted by atomic mass is 10.1. The first-order chi connectivity index (χ1) is 8.74. The summed E-state index contributed by atoms with van der Waals surface area (Å²) in [7, 11) is 0. The van der Waals surface area contributed by atoms with Gasteiger partial charge in [-0.2, -0.15) is 0 Å². The molecule has 0 fully saturated rings. The monoisotopic (exact) mass is 302 g/mol. The molecule has 3 aromatic rings. The zero-order valence-electron chi connectivity index (χ0n) is 9.27. The van der Waals surface area contributed by atoms with E-state index < -0.39 is 0 Å². The summed E-state index contributed by atoms with van der Waals surface area (Å²) in [6.07, 6.45) is 1.52. The quantitative estimate of drug-likeness (QED) is 0.673. The zero-order chi connectivity index (χ0) is 12.5. The molecule has 0 spiro atoms. The SMILES string of the molecule is Fc1ccc(-c2ncnc3ccc(Br)cc23)cc1. The van der Waals surface area contributed by atoms with E-state index in [1.165, 1.54) is 18.5 Å². The summed E-state index contributed by atoms with van der Waals surface area (Å²) in [6, 6.07) is 12.1. The van der Waals surface area contributed by atoms with Crippen LogP contribution < -0.4 is 0 Å². The molecular weight excluding hydrogens is 295 g/mol. The van der Waals surface area contributed by atoms with E-state index in [1.807, 2.05) is 18.2 Å². The highest BCUT2D eigenvalue weighted by Gasteiger charge is 2.06. The molecule has 18 heavy (non-hydrogen) atoms. The molecular formula is C14H8BrFN2. The molecule has 0 bridgehead atoms. The van der Waals surface area contributed by atoms with Gasteiger partial charge in [0.2, 0.25) is 0 Å². The molecule has 0 amide bonds. The number of hydrogen-bond donors (Lipinski definition) is 0. The van der Waals surface area contributed by atoms with Crippen LogP contribution >= 0.6 is 15.9 Å². The van der Waals surface area contributed by atoms with Gasteiger partial charge in [0.1, 0.15) is 12.1 Å². The van der Waals surface area contributed by atoms with Gasteiger partial charge in [-0.3, -0.25) is 0 Å². The van der Waals surface area contributed by atoms with Gasteiger partial charge in [-0.1, -0.05) is 15.9 Å². The standard InChI is InChI=1S/C14H8BrFN2/c15-10-3-6-13-12(7-10)14(18-8-17-13)9-1-4-11(16)5-2-9/h1-8H. The van der Waals surface area contributed by atoms with E-state index >= 15 is 0 Å². The molecule has 0 aliphatic heterocycles. The van der Waals surface area contributed by atoms with Crippen molar-refractivity contribution in [2.75, 3.05) is 0 Å². The van der Waals surface area contributed by atoms with E-state index in [4.69, 9.17) is 0 Å². The van der Waals surface area contributed by atoms with Crippen LogP contribution in [0.25, 0.3) is 22.2 Å². The van der Waals surface area contributed by atoms with E-state index in [-0.39, 0.29) is 5.82 Å². The molecule has 4 heteroatoms. The first-order valence-electron chi connectivity index (χ1n) is 5.40. The lowest BCUT2D eigenvalue weighted by molar-refractivity contribution is 0.628. The zero-order valence-corrected chi connectivity index (χ0v) is 10.9. The van der Waals surface area contributed by atoms with Gasteiger partial charge in [0.05, 0.1) is 11.2 Å². The third-order valence-corrected chi connectivity index (χ3v) is 3.21. The topological polar surface area (TPSA) is 25.8 Å². The van der Waals surface area contributed by atoms with Gasteiger partial charge in [-0.15, -0.1) is 0 Å². The van der Waals surface area contributed by atoms with Crippen LogP contribution in [0.4, 0.5) is 4.39 Å². The second-order valence-electron chi connectivity index (χ2n) is 3.89. The Bertz CT molecular complexity index is 711. The fraction of sp³-hybridized carbons (Fsp3) is 0.